The van der Waals surface area contributed by atoms with Crippen molar-refractivity contribution in [3.8, 4) is 5.75 Å². The maximum absolute atomic E-state index is 5.46. The van der Waals surface area contributed by atoms with E-state index in [1.807, 2.05) is 23.9 Å². The summed E-state index contributed by atoms with van der Waals surface area (Å²) in [5, 5.41) is 0. The summed E-state index contributed by atoms with van der Waals surface area (Å²) < 4.78 is 8.34. The number of hydrogen-bond donors (Lipinski definition) is 1. The van der Waals surface area contributed by atoms with Crippen LogP contribution in [0.4, 0.5) is 0 Å². The van der Waals surface area contributed by atoms with Crippen LogP contribution in [0.3, 0.4) is 0 Å². The molecule has 0 atom stereocenters. The van der Waals surface area contributed by atoms with E-state index in [0.717, 1.165) is 34.6 Å². The number of hydrogen-bond acceptors (Lipinski definition) is 4. The van der Waals surface area contributed by atoms with E-state index in [9.17, 15) is 0 Å². The molecular weight excluding hydrogens is 290 g/mol. The molecule has 1 aromatic heterocycles. The largest absolute Gasteiger partial charge is 0.494 e. The van der Waals surface area contributed by atoms with E-state index in [0.29, 0.717) is 0 Å². The van der Waals surface area contributed by atoms with Crippen molar-refractivity contribution in [1.29, 1.82) is 0 Å². The molecule has 1 saturated heterocycles. The molecule has 20 heavy (non-hydrogen) atoms. The number of benzene rings is 1. The van der Waals surface area contributed by atoms with Gasteiger partial charge in [-0.3, -0.25) is 4.90 Å². The fourth-order valence-corrected chi connectivity index (χ4v) is 3.88. The third-order valence-electron chi connectivity index (χ3n) is 3.74. The Morgan fingerprint density at radius 2 is 2.10 bits per heavy atom. The number of aromatic amines is 1. The Bertz CT molecular complexity index is 643. The molecule has 6 heteroatoms. The average Bonchev–Trinajstić information content (AvgIpc) is 2.81. The molecule has 0 unspecified atom stereocenters. The fraction of sp³-hybridized carbons (Fsp3) is 0.500. The SMILES string of the molecule is COc1cccc2c1[nH]c(=S)n2CCN1CCSCC1. The molecule has 0 spiro atoms. The Kier molecular flexibility index (Phi) is 4.33. The molecule has 3 rings (SSSR count). The van der Waals surface area contributed by atoms with Gasteiger partial charge in [0.1, 0.15) is 11.3 Å². The van der Waals surface area contributed by atoms with Crippen LogP contribution in [0.1, 0.15) is 0 Å². The standard InChI is InChI=1S/C14H19N3OS2/c1-18-12-4-2-3-11-13(12)15-14(19)17(11)6-5-16-7-9-20-10-8-16/h2-4H,5-10H2,1H3,(H,15,19). The summed E-state index contributed by atoms with van der Waals surface area (Å²) in [5.74, 6) is 3.34. The number of fused-ring (bicyclic) bond motifs is 1. The number of methoxy groups -OCH3 is 1. The second-order valence-corrected chi connectivity index (χ2v) is 6.50. The van der Waals surface area contributed by atoms with E-state index in [1.54, 1.807) is 7.11 Å². The molecule has 0 bridgehead atoms. The van der Waals surface area contributed by atoms with Gasteiger partial charge in [0, 0.05) is 37.7 Å². The highest BCUT2D eigenvalue weighted by molar-refractivity contribution is 7.99. The van der Waals surface area contributed by atoms with Gasteiger partial charge in [0.05, 0.1) is 12.6 Å². The highest BCUT2D eigenvalue weighted by Gasteiger charge is 2.12. The van der Waals surface area contributed by atoms with Gasteiger partial charge in [-0.25, -0.2) is 0 Å². The molecule has 0 amide bonds. The topological polar surface area (TPSA) is 33.2 Å². The van der Waals surface area contributed by atoms with Gasteiger partial charge in [-0.15, -0.1) is 0 Å². The number of aromatic nitrogens is 2. The predicted molar refractivity (Wildman–Crippen MR) is 87.4 cm³/mol. The van der Waals surface area contributed by atoms with Gasteiger partial charge >= 0.3 is 0 Å². The van der Waals surface area contributed by atoms with Crippen LogP contribution in [0.25, 0.3) is 11.0 Å². The van der Waals surface area contributed by atoms with Crippen LogP contribution in [0, 0.1) is 4.77 Å². The van der Waals surface area contributed by atoms with Gasteiger partial charge in [-0.05, 0) is 24.4 Å². The molecule has 1 aliphatic heterocycles. The van der Waals surface area contributed by atoms with Crippen LogP contribution in [-0.4, -0.2) is 52.7 Å². The van der Waals surface area contributed by atoms with Crippen LogP contribution in [0.15, 0.2) is 18.2 Å². The minimum Gasteiger partial charge on any atom is -0.494 e. The van der Waals surface area contributed by atoms with Gasteiger partial charge in [0.25, 0.3) is 0 Å². The highest BCUT2D eigenvalue weighted by Crippen LogP contribution is 2.24. The molecule has 0 aliphatic carbocycles. The smallest absolute Gasteiger partial charge is 0.178 e. The predicted octanol–water partition coefficient (Wildman–Crippen LogP) is 2.76. The lowest BCUT2D eigenvalue weighted by atomic mass is 10.3. The van der Waals surface area contributed by atoms with E-state index < -0.39 is 0 Å². The Morgan fingerprint density at radius 3 is 2.85 bits per heavy atom. The number of imidazole rings is 1. The lowest BCUT2D eigenvalue weighted by Crippen LogP contribution is -2.35. The second-order valence-electron chi connectivity index (χ2n) is 4.89. The normalized spacial score (nSPS) is 16.6. The summed E-state index contributed by atoms with van der Waals surface area (Å²) in [4.78, 5) is 5.78. The number of para-hydroxylation sites is 1. The molecule has 0 saturated carbocycles. The quantitative estimate of drug-likeness (QED) is 0.881. The van der Waals surface area contributed by atoms with E-state index in [4.69, 9.17) is 17.0 Å². The van der Waals surface area contributed by atoms with Crippen LogP contribution < -0.4 is 4.74 Å². The maximum Gasteiger partial charge on any atom is 0.178 e. The first-order chi connectivity index (χ1) is 9.79. The summed E-state index contributed by atoms with van der Waals surface area (Å²) >= 11 is 7.50. The summed E-state index contributed by atoms with van der Waals surface area (Å²) in [6.45, 7) is 4.35. The van der Waals surface area contributed by atoms with E-state index in [2.05, 4.69) is 20.5 Å². The van der Waals surface area contributed by atoms with Gasteiger partial charge < -0.3 is 14.3 Å². The van der Waals surface area contributed by atoms with Crippen molar-refractivity contribution in [3.05, 3.63) is 23.0 Å². The Hall–Kier alpha value is -0.980. The summed E-state index contributed by atoms with van der Waals surface area (Å²) in [6, 6.07) is 6.06. The van der Waals surface area contributed by atoms with Gasteiger partial charge in [0.2, 0.25) is 0 Å². The number of nitrogens with one attached hydrogen (secondary N) is 1. The molecule has 2 aromatic rings. The molecule has 0 radical (unpaired) electrons. The zero-order valence-electron chi connectivity index (χ0n) is 11.6. The highest BCUT2D eigenvalue weighted by atomic mass is 32.2. The van der Waals surface area contributed by atoms with Crippen LogP contribution in [-0.2, 0) is 6.54 Å². The first-order valence-electron chi connectivity index (χ1n) is 6.85. The van der Waals surface area contributed by atoms with Crippen LogP contribution >= 0.6 is 24.0 Å². The number of nitrogens with zero attached hydrogens (tertiary/aromatic N) is 2. The molecule has 1 fully saturated rings. The molecule has 1 aliphatic rings. The zero-order valence-corrected chi connectivity index (χ0v) is 13.2. The van der Waals surface area contributed by atoms with E-state index in [-0.39, 0.29) is 0 Å². The van der Waals surface area contributed by atoms with Gasteiger partial charge in [0.15, 0.2) is 4.77 Å². The summed E-state index contributed by atoms with van der Waals surface area (Å²) in [5.41, 5.74) is 2.12. The third-order valence-corrected chi connectivity index (χ3v) is 5.00. The molecule has 4 nitrogen and oxygen atoms in total. The lowest BCUT2D eigenvalue weighted by Gasteiger charge is -2.26. The third kappa shape index (κ3) is 2.73. The number of thioether (sulfide) groups is 1. The lowest BCUT2D eigenvalue weighted by molar-refractivity contribution is 0.290. The Morgan fingerprint density at radius 1 is 1.30 bits per heavy atom. The van der Waals surface area contributed by atoms with Crippen molar-refractivity contribution < 1.29 is 4.74 Å². The Labute approximate surface area is 128 Å². The number of rotatable bonds is 4. The van der Waals surface area contributed by atoms with Crippen molar-refractivity contribution >= 4 is 35.0 Å². The zero-order chi connectivity index (χ0) is 13.9. The van der Waals surface area contributed by atoms with Crippen LogP contribution in [0.2, 0.25) is 0 Å². The molecule has 2 heterocycles. The van der Waals surface area contributed by atoms with Crippen molar-refractivity contribution in [2.75, 3.05) is 38.2 Å². The summed E-state index contributed by atoms with van der Waals surface area (Å²) in [6.07, 6.45) is 0. The van der Waals surface area contributed by atoms with Gasteiger partial charge in [-0.2, -0.15) is 11.8 Å². The monoisotopic (exact) mass is 309 g/mol. The first kappa shape index (κ1) is 14.0. The van der Waals surface area contributed by atoms with Crippen LogP contribution in [0.5, 0.6) is 5.75 Å². The summed E-state index contributed by atoms with van der Waals surface area (Å²) in [7, 11) is 1.69. The van der Waals surface area contributed by atoms with Crippen molar-refractivity contribution in [3.63, 3.8) is 0 Å². The maximum atomic E-state index is 5.46. The minimum atomic E-state index is 0.774. The second kappa shape index (κ2) is 6.20. The van der Waals surface area contributed by atoms with Crippen molar-refractivity contribution in [1.82, 2.24) is 14.5 Å². The number of ether oxygens (including phenoxy) is 1. The van der Waals surface area contributed by atoms with Crippen molar-refractivity contribution in [2.24, 2.45) is 0 Å². The Balaban J connectivity index is 1.84. The van der Waals surface area contributed by atoms with Gasteiger partial charge in [-0.1, -0.05) is 6.07 Å². The molecule has 108 valence electrons. The minimum absolute atomic E-state index is 0.774. The first-order valence-corrected chi connectivity index (χ1v) is 8.41. The average molecular weight is 309 g/mol. The van der Waals surface area contributed by atoms with E-state index >= 15 is 0 Å². The van der Waals surface area contributed by atoms with Crippen molar-refractivity contribution in [2.45, 2.75) is 6.54 Å². The molecular formula is C14H19N3OS2. The fourth-order valence-electron chi connectivity index (χ4n) is 2.61. The number of H-pyrrole nitrogens is 1. The molecule has 1 N–H and O–H groups in total. The van der Waals surface area contributed by atoms with E-state index in [1.165, 1.54) is 24.6 Å². The molecule has 1 aromatic carbocycles.